The largest absolute Gasteiger partial charge is 0.481 e. The summed E-state index contributed by atoms with van der Waals surface area (Å²) in [6.07, 6.45) is 5.51. The van der Waals surface area contributed by atoms with Crippen LogP contribution in [-0.4, -0.2) is 20.6 Å². The summed E-state index contributed by atoms with van der Waals surface area (Å²) in [5, 5.41) is 9.19. The molecular formula is C13H18N2O2. The number of hydrogen-bond donors (Lipinski definition) is 1. The minimum atomic E-state index is -0.689. The van der Waals surface area contributed by atoms with Crippen LogP contribution in [0.4, 0.5) is 0 Å². The van der Waals surface area contributed by atoms with Crippen molar-refractivity contribution in [2.75, 3.05) is 0 Å². The molecule has 1 fully saturated rings. The van der Waals surface area contributed by atoms with E-state index in [0.717, 1.165) is 24.5 Å². The number of fused-ring (bicyclic) bond motifs is 1. The molecule has 1 aliphatic carbocycles. The molecule has 0 bridgehead atoms. The minimum Gasteiger partial charge on any atom is -0.481 e. The summed E-state index contributed by atoms with van der Waals surface area (Å²) in [6, 6.07) is 0. The van der Waals surface area contributed by atoms with Crippen molar-refractivity contribution < 1.29 is 9.90 Å². The Kier molecular flexibility index (Phi) is 2.12. The molecule has 4 nitrogen and oxygen atoms in total. The molecule has 1 aromatic rings. The zero-order chi connectivity index (χ0) is 12.2. The van der Waals surface area contributed by atoms with E-state index in [0.29, 0.717) is 0 Å². The van der Waals surface area contributed by atoms with E-state index < -0.39 is 5.97 Å². The molecule has 2 atom stereocenters. The van der Waals surface area contributed by atoms with E-state index in [9.17, 15) is 9.90 Å². The molecule has 92 valence electrons. The fourth-order valence-corrected chi connectivity index (χ4v) is 3.24. The zero-order valence-corrected chi connectivity index (χ0v) is 10.3. The van der Waals surface area contributed by atoms with Crippen molar-refractivity contribution in [3.05, 3.63) is 17.7 Å². The van der Waals surface area contributed by atoms with Crippen LogP contribution in [0.2, 0.25) is 0 Å². The zero-order valence-electron chi connectivity index (χ0n) is 10.3. The first kappa shape index (κ1) is 10.8. The van der Waals surface area contributed by atoms with Gasteiger partial charge in [-0.15, -0.1) is 0 Å². The molecule has 4 heteroatoms. The first-order valence-electron chi connectivity index (χ1n) is 6.30. The van der Waals surface area contributed by atoms with Crippen molar-refractivity contribution in [1.82, 2.24) is 9.55 Å². The van der Waals surface area contributed by atoms with Gasteiger partial charge in [-0.05, 0) is 18.3 Å². The number of imidazole rings is 1. The van der Waals surface area contributed by atoms with Crippen LogP contribution in [-0.2, 0) is 17.8 Å². The summed E-state index contributed by atoms with van der Waals surface area (Å²) in [5.74, 6) is 0.279. The number of carboxylic acids is 1. The molecule has 2 aliphatic rings. The number of nitrogens with zero attached hydrogens (tertiary/aromatic N) is 2. The summed E-state index contributed by atoms with van der Waals surface area (Å²) in [7, 11) is 0. The number of carbonyl (C=O) groups is 1. The minimum absolute atomic E-state index is 0.0955. The van der Waals surface area contributed by atoms with Crippen LogP contribution in [0.3, 0.4) is 0 Å². The molecule has 1 N–H and O–H groups in total. The van der Waals surface area contributed by atoms with E-state index in [1.165, 1.54) is 12.8 Å². The number of hydrogen-bond acceptors (Lipinski definition) is 2. The summed E-state index contributed by atoms with van der Waals surface area (Å²) in [6.45, 7) is 5.08. The molecule has 0 radical (unpaired) electrons. The molecule has 0 amide bonds. The standard InChI is InChI=1S/C13H18N2O2/c1-13(2)10(11(13)12(16)17)8-7-15-6-4-3-5-9(15)14-8/h7,10-11H,3-6H2,1-2H3,(H,16,17)/t10-,11+/m1/s1. The Morgan fingerprint density at radius 3 is 2.88 bits per heavy atom. The third-order valence-electron chi connectivity index (χ3n) is 4.34. The summed E-state index contributed by atoms with van der Waals surface area (Å²) in [4.78, 5) is 15.8. The lowest BCUT2D eigenvalue weighted by atomic mass is 10.1. The average Bonchev–Trinajstić information content (AvgIpc) is 2.68. The Bertz CT molecular complexity index is 452. The Hall–Kier alpha value is -1.32. The van der Waals surface area contributed by atoms with E-state index in [4.69, 9.17) is 0 Å². The Balaban J connectivity index is 1.91. The Morgan fingerprint density at radius 2 is 2.29 bits per heavy atom. The van der Waals surface area contributed by atoms with Gasteiger partial charge < -0.3 is 9.67 Å². The van der Waals surface area contributed by atoms with Gasteiger partial charge in [0.1, 0.15) is 5.82 Å². The predicted molar refractivity (Wildman–Crippen MR) is 62.8 cm³/mol. The van der Waals surface area contributed by atoms with Gasteiger partial charge in [0.2, 0.25) is 0 Å². The van der Waals surface area contributed by atoms with Gasteiger partial charge >= 0.3 is 5.97 Å². The van der Waals surface area contributed by atoms with Gasteiger partial charge in [0.15, 0.2) is 0 Å². The number of carboxylic acid groups (broad SMARTS) is 1. The second-order valence-corrected chi connectivity index (χ2v) is 5.85. The first-order valence-corrected chi connectivity index (χ1v) is 6.30. The molecule has 0 spiro atoms. The van der Waals surface area contributed by atoms with Gasteiger partial charge in [0.25, 0.3) is 0 Å². The molecular weight excluding hydrogens is 216 g/mol. The molecule has 1 aliphatic heterocycles. The molecule has 0 aromatic carbocycles. The summed E-state index contributed by atoms with van der Waals surface area (Å²) >= 11 is 0. The highest BCUT2D eigenvalue weighted by Crippen LogP contribution is 2.64. The number of aliphatic carboxylic acids is 1. The van der Waals surface area contributed by atoms with Gasteiger partial charge in [0.05, 0.1) is 11.6 Å². The van der Waals surface area contributed by atoms with Crippen LogP contribution < -0.4 is 0 Å². The van der Waals surface area contributed by atoms with E-state index in [-0.39, 0.29) is 17.3 Å². The van der Waals surface area contributed by atoms with Crippen molar-refractivity contribution in [1.29, 1.82) is 0 Å². The fraction of sp³-hybridized carbons (Fsp3) is 0.692. The highest BCUT2D eigenvalue weighted by molar-refractivity contribution is 5.77. The Labute approximate surface area is 101 Å². The molecule has 0 saturated heterocycles. The van der Waals surface area contributed by atoms with Crippen molar-refractivity contribution >= 4 is 5.97 Å². The topological polar surface area (TPSA) is 55.1 Å². The van der Waals surface area contributed by atoms with Crippen molar-refractivity contribution in [3.63, 3.8) is 0 Å². The van der Waals surface area contributed by atoms with Crippen molar-refractivity contribution in [2.45, 2.75) is 45.6 Å². The second kappa shape index (κ2) is 3.34. The lowest BCUT2D eigenvalue weighted by Crippen LogP contribution is -2.08. The lowest BCUT2D eigenvalue weighted by molar-refractivity contribution is -0.139. The molecule has 17 heavy (non-hydrogen) atoms. The monoisotopic (exact) mass is 234 g/mol. The van der Waals surface area contributed by atoms with Crippen LogP contribution in [0.5, 0.6) is 0 Å². The van der Waals surface area contributed by atoms with Crippen LogP contribution >= 0.6 is 0 Å². The first-order chi connectivity index (χ1) is 8.01. The maximum absolute atomic E-state index is 11.2. The SMILES string of the molecule is CC1(C)[C@H](C(=O)O)[C@H]1c1cn2c(n1)CCCC2. The summed E-state index contributed by atoms with van der Waals surface area (Å²) < 4.78 is 2.20. The number of aromatic nitrogens is 2. The number of aryl methyl sites for hydroxylation is 2. The molecule has 2 heterocycles. The second-order valence-electron chi connectivity index (χ2n) is 5.85. The number of rotatable bonds is 2. The third-order valence-corrected chi connectivity index (χ3v) is 4.34. The highest BCUT2D eigenvalue weighted by atomic mass is 16.4. The van der Waals surface area contributed by atoms with Gasteiger partial charge in [-0.1, -0.05) is 13.8 Å². The Morgan fingerprint density at radius 1 is 1.53 bits per heavy atom. The molecule has 0 unspecified atom stereocenters. The molecule has 3 rings (SSSR count). The van der Waals surface area contributed by atoms with Gasteiger partial charge in [-0.2, -0.15) is 0 Å². The fourth-order valence-electron chi connectivity index (χ4n) is 3.24. The maximum Gasteiger partial charge on any atom is 0.307 e. The van der Waals surface area contributed by atoms with Crippen LogP contribution in [0.1, 0.15) is 44.1 Å². The van der Waals surface area contributed by atoms with Crippen LogP contribution in [0.15, 0.2) is 6.20 Å². The molecule has 1 aromatic heterocycles. The van der Waals surface area contributed by atoms with E-state index in [2.05, 4.69) is 15.7 Å². The third kappa shape index (κ3) is 1.50. The highest BCUT2D eigenvalue weighted by Gasteiger charge is 2.63. The van der Waals surface area contributed by atoms with Crippen LogP contribution in [0, 0.1) is 11.3 Å². The quantitative estimate of drug-likeness (QED) is 0.852. The smallest absolute Gasteiger partial charge is 0.307 e. The van der Waals surface area contributed by atoms with Crippen LogP contribution in [0.25, 0.3) is 0 Å². The molecule has 1 saturated carbocycles. The average molecular weight is 234 g/mol. The van der Waals surface area contributed by atoms with Gasteiger partial charge in [0, 0.05) is 25.1 Å². The van der Waals surface area contributed by atoms with Crippen molar-refractivity contribution in [2.24, 2.45) is 11.3 Å². The van der Waals surface area contributed by atoms with E-state index in [1.54, 1.807) is 0 Å². The van der Waals surface area contributed by atoms with Crippen molar-refractivity contribution in [3.8, 4) is 0 Å². The summed E-state index contributed by atoms with van der Waals surface area (Å²) in [5.41, 5.74) is 0.843. The van der Waals surface area contributed by atoms with Gasteiger partial charge in [-0.25, -0.2) is 4.98 Å². The van der Waals surface area contributed by atoms with Gasteiger partial charge in [-0.3, -0.25) is 4.79 Å². The van der Waals surface area contributed by atoms with E-state index >= 15 is 0 Å². The lowest BCUT2D eigenvalue weighted by Gasteiger charge is -2.11. The van der Waals surface area contributed by atoms with E-state index in [1.807, 2.05) is 13.8 Å². The normalized spacial score (nSPS) is 29.8. The maximum atomic E-state index is 11.2. The predicted octanol–water partition coefficient (Wildman–Crippen LogP) is 2.04.